The first-order valence-corrected chi connectivity index (χ1v) is 13.9. The highest BCUT2D eigenvalue weighted by molar-refractivity contribution is 7.98. The minimum atomic E-state index is 0.397. The smallest absolute Gasteiger partial charge is 0.0792 e. The number of thiocarbonyl (C=S) groups is 1. The van der Waals surface area contributed by atoms with E-state index in [0.29, 0.717) is 22.8 Å². The average molecular weight is 443 g/mol. The van der Waals surface area contributed by atoms with Gasteiger partial charge in [0, 0.05) is 12.0 Å². The van der Waals surface area contributed by atoms with Crippen molar-refractivity contribution in [3.05, 3.63) is 35.9 Å². The van der Waals surface area contributed by atoms with Crippen LogP contribution in [0.25, 0.3) is 0 Å². The van der Waals surface area contributed by atoms with Crippen LogP contribution in [-0.4, -0.2) is 29.6 Å². The van der Waals surface area contributed by atoms with E-state index in [2.05, 4.69) is 53.7 Å². The molecule has 2 atom stereocenters. The highest BCUT2D eigenvalue weighted by Crippen LogP contribution is 2.68. The third-order valence-electron chi connectivity index (χ3n) is 9.09. The van der Waals surface area contributed by atoms with E-state index >= 15 is 0 Å². The van der Waals surface area contributed by atoms with Gasteiger partial charge in [0.15, 0.2) is 0 Å². The number of benzene rings is 1. The van der Waals surface area contributed by atoms with Crippen LogP contribution in [0.2, 0.25) is 0 Å². The lowest BCUT2D eigenvalue weighted by atomic mass is 9.40. The van der Waals surface area contributed by atoms with Gasteiger partial charge in [-0.25, -0.2) is 0 Å². The Morgan fingerprint density at radius 1 is 1.07 bits per heavy atom. The molecule has 5 aliphatic rings. The van der Waals surface area contributed by atoms with Gasteiger partial charge in [-0.05, 0) is 110 Å². The molecule has 1 aromatic rings. The van der Waals surface area contributed by atoms with Crippen molar-refractivity contribution in [3.8, 4) is 0 Å². The topological polar surface area (TPSA) is 38.0 Å². The Morgan fingerprint density at radius 2 is 1.73 bits per heavy atom. The first kappa shape index (κ1) is 21.3. The average Bonchev–Trinajstić information content (AvgIpc) is 2.74. The van der Waals surface area contributed by atoms with Crippen molar-refractivity contribution < 1.29 is 0 Å². The van der Waals surface area contributed by atoms with Crippen molar-refractivity contribution >= 4 is 29.0 Å². The van der Waals surface area contributed by atoms with E-state index in [4.69, 9.17) is 18.0 Å². The summed E-state index contributed by atoms with van der Waals surface area (Å²) in [5, 5.41) is 3.87. The van der Waals surface area contributed by atoms with Crippen molar-refractivity contribution in [2.75, 3.05) is 18.6 Å². The monoisotopic (exact) mass is 442 g/mol. The summed E-state index contributed by atoms with van der Waals surface area (Å²) in [6.07, 6.45) is 14.2. The zero-order chi connectivity index (χ0) is 20.8. The lowest BCUT2D eigenvalue weighted by Crippen LogP contribution is -2.61. The maximum absolute atomic E-state index is 6.13. The molecule has 3 N–H and O–H groups in total. The Labute approximate surface area is 192 Å². The van der Waals surface area contributed by atoms with Gasteiger partial charge in [0.25, 0.3) is 0 Å². The van der Waals surface area contributed by atoms with E-state index in [1.165, 1.54) is 68.5 Å². The summed E-state index contributed by atoms with van der Waals surface area (Å²) in [4.78, 5) is 1.21. The van der Waals surface area contributed by atoms with E-state index in [0.717, 1.165) is 24.3 Å². The van der Waals surface area contributed by atoms with Crippen LogP contribution in [0.4, 0.5) is 0 Å². The van der Waals surface area contributed by atoms with Gasteiger partial charge in [0.05, 0.1) is 4.99 Å². The van der Waals surface area contributed by atoms with Gasteiger partial charge in [0.2, 0.25) is 0 Å². The van der Waals surface area contributed by atoms with Gasteiger partial charge in [-0.2, -0.15) is 11.8 Å². The molecule has 164 valence electrons. The highest BCUT2D eigenvalue weighted by atomic mass is 32.2. The molecule has 0 amide bonds. The van der Waals surface area contributed by atoms with Gasteiger partial charge in [-0.15, -0.1) is 0 Å². The van der Waals surface area contributed by atoms with E-state index in [9.17, 15) is 0 Å². The summed E-state index contributed by atoms with van der Waals surface area (Å²) in [5.41, 5.74) is 8.43. The van der Waals surface area contributed by atoms with E-state index < -0.39 is 0 Å². The molecule has 30 heavy (non-hydrogen) atoms. The first-order valence-electron chi connectivity index (χ1n) is 12.1. The Hall–Kier alpha value is -0.580. The quantitative estimate of drug-likeness (QED) is 0.567. The molecule has 0 saturated heterocycles. The molecule has 1 aromatic carbocycles. The molecular weight excluding hydrogens is 404 g/mol. The molecule has 0 heterocycles. The summed E-state index contributed by atoms with van der Waals surface area (Å²) < 4.78 is 0. The third kappa shape index (κ3) is 3.75. The van der Waals surface area contributed by atoms with Crippen LogP contribution < -0.4 is 11.1 Å². The molecule has 5 aliphatic carbocycles. The van der Waals surface area contributed by atoms with E-state index in [1.54, 1.807) is 5.56 Å². The van der Waals surface area contributed by atoms with E-state index in [-0.39, 0.29) is 0 Å². The SMILES string of the molecule is CSCC12CC3CC(c4ccccc4)(CC(C1)C3C(=S)NC1CCC(CN)CC1)C2. The lowest BCUT2D eigenvalue weighted by molar-refractivity contribution is -0.0803. The van der Waals surface area contributed by atoms with Gasteiger partial charge < -0.3 is 11.1 Å². The predicted octanol–water partition coefficient (Wildman–Crippen LogP) is 5.55. The fourth-order valence-electron chi connectivity index (χ4n) is 8.20. The summed E-state index contributed by atoms with van der Waals surface area (Å²) in [6.45, 7) is 0.850. The Balaban J connectivity index is 1.35. The van der Waals surface area contributed by atoms with Crippen LogP contribution in [0.15, 0.2) is 30.3 Å². The molecule has 5 saturated carbocycles. The summed E-state index contributed by atoms with van der Waals surface area (Å²) in [5.74, 6) is 4.19. The van der Waals surface area contributed by atoms with Crippen molar-refractivity contribution in [2.45, 2.75) is 69.2 Å². The fourth-order valence-corrected chi connectivity index (χ4v) is 9.70. The number of thioether (sulfide) groups is 1. The van der Waals surface area contributed by atoms with Crippen molar-refractivity contribution in [3.63, 3.8) is 0 Å². The normalized spacial score (nSPS) is 42.3. The van der Waals surface area contributed by atoms with Crippen LogP contribution in [0.5, 0.6) is 0 Å². The van der Waals surface area contributed by atoms with Crippen LogP contribution >= 0.6 is 24.0 Å². The van der Waals surface area contributed by atoms with Gasteiger partial charge in [-0.1, -0.05) is 42.5 Å². The first-order chi connectivity index (χ1) is 14.6. The molecule has 0 aromatic heterocycles. The predicted molar refractivity (Wildman–Crippen MR) is 133 cm³/mol. The largest absolute Gasteiger partial charge is 0.377 e. The second-order valence-electron chi connectivity index (χ2n) is 11.1. The van der Waals surface area contributed by atoms with Crippen molar-refractivity contribution in [1.82, 2.24) is 5.32 Å². The number of hydrogen-bond donors (Lipinski definition) is 2. The minimum absolute atomic E-state index is 0.397. The van der Waals surface area contributed by atoms with Crippen LogP contribution in [-0.2, 0) is 5.41 Å². The molecule has 6 rings (SSSR count). The number of rotatable bonds is 6. The lowest BCUT2D eigenvalue weighted by Gasteiger charge is -2.65. The second kappa shape index (κ2) is 8.41. The second-order valence-corrected chi connectivity index (χ2v) is 12.4. The summed E-state index contributed by atoms with van der Waals surface area (Å²) in [6, 6.07) is 12.1. The number of hydrogen-bond acceptors (Lipinski definition) is 3. The third-order valence-corrected chi connectivity index (χ3v) is 10.4. The molecule has 4 bridgehead atoms. The maximum atomic E-state index is 6.13. The Morgan fingerprint density at radius 3 is 2.33 bits per heavy atom. The summed E-state index contributed by atoms with van der Waals surface area (Å²) >= 11 is 8.20. The molecule has 4 heteroatoms. The van der Waals surface area contributed by atoms with Gasteiger partial charge in [-0.3, -0.25) is 0 Å². The molecule has 2 unspecified atom stereocenters. The molecule has 0 aliphatic heterocycles. The molecular formula is C26H38N2S2. The molecule has 5 fully saturated rings. The zero-order valence-corrected chi connectivity index (χ0v) is 20.1. The standard InChI is InChI=1S/C26H38N2S2/c1-30-17-25-11-19-13-26(16-25,21-5-3-2-4-6-21)14-20(12-25)23(19)24(29)28-22-9-7-18(15-27)8-10-22/h2-6,18-20,22-23H,7-17,27H2,1H3,(H,28,29). The number of nitrogens with one attached hydrogen (secondary N) is 1. The number of nitrogens with two attached hydrogens (primary N) is 1. The van der Waals surface area contributed by atoms with Crippen molar-refractivity contribution in [1.29, 1.82) is 0 Å². The Kier molecular flexibility index (Phi) is 5.96. The van der Waals surface area contributed by atoms with Gasteiger partial charge >= 0.3 is 0 Å². The molecule has 0 spiro atoms. The van der Waals surface area contributed by atoms with Crippen LogP contribution in [0.3, 0.4) is 0 Å². The maximum Gasteiger partial charge on any atom is 0.0792 e. The fraction of sp³-hybridized carbons (Fsp3) is 0.731. The molecule has 0 radical (unpaired) electrons. The van der Waals surface area contributed by atoms with E-state index in [1.807, 2.05) is 0 Å². The van der Waals surface area contributed by atoms with Crippen LogP contribution in [0.1, 0.15) is 63.4 Å². The van der Waals surface area contributed by atoms with Crippen LogP contribution in [0, 0.1) is 29.1 Å². The minimum Gasteiger partial charge on any atom is -0.377 e. The zero-order valence-electron chi connectivity index (χ0n) is 18.4. The van der Waals surface area contributed by atoms with Crippen molar-refractivity contribution in [2.24, 2.45) is 34.8 Å². The van der Waals surface area contributed by atoms with Gasteiger partial charge in [0.1, 0.15) is 0 Å². The highest BCUT2D eigenvalue weighted by Gasteiger charge is 2.62. The Bertz CT molecular complexity index is 740. The summed E-state index contributed by atoms with van der Waals surface area (Å²) in [7, 11) is 0. The molecule has 2 nitrogen and oxygen atoms in total.